The van der Waals surface area contributed by atoms with Crippen LogP contribution < -0.4 is 5.32 Å². The maximum atomic E-state index is 13.4. The van der Waals surface area contributed by atoms with Gasteiger partial charge in [0.05, 0.1) is 6.54 Å². The molecule has 5 nitrogen and oxygen atoms in total. The van der Waals surface area contributed by atoms with E-state index in [0.717, 1.165) is 24.3 Å². The highest BCUT2D eigenvalue weighted by Gasteiger charge is 2.07. The molecular weight excluding hydrogens is 310 g/mol. The van der Waals surface area contributed by atoms with Crippen LogP contribution in [-0.2, 0) is 17.9 Å². The second-order valence-electron chi connectivity index (χ2n) is 4.38. The van der Waals surface area contributed by atoms with Gasteiger partial charge in [-0.3, -0.25) is 9.89 Å². The summed E-state index contributed by atoms with van der Waals surface area (Å²) in [7, 11) is 0. The summed E-state index contributed by atoms with van der Waals surface area (Å²) < 4.78 is 29.0. The van der Waals surface area contributed by atoms with Crippen LogP contribution in [0.25, 0.3) is 6.08 Å². The van der Waals surface area contributed by atoms with Crippen LogP contribution in [0, 0.1) is 16.4 Å². The van der Waals surface area contributed by atoms with E-state index in [1.54, 1.807) is 4.57 Å². The van der Waals surface area contributed by atoms with Gasteiger partial charge in [-0.15, -0.1) is 0 Å². The van der Waals surface area contributed by atoms with Gasteiger partial charge in [0, 0.05) is 18.2 Å². The van der Waals surface area contributed by atoms with Crippen LogP contribution in [0.4, 0.5) is 8.78 Å². The molecule has 0 saturated carbocycles. The van der Waals surface area contributed by atoms with Crippen molar-refractivity contribution in [3.05, 3.63) is 52.1 Å². The lowest BCUT2D eigenvalue weighted by atomic mass is 10.2. The topological polar surface area (TPSA) is 62.7 Å². The molecule has 8 heteroatoms. The summed E-state index contributed by atoms with van der Waals surface area (Å²) in [6, 6.07) is 3.51. The van der Waals surface area contributed by atoms with E-state index < -0.39 is 17.5 Å². The van der Waals surface area contributed by atoms with Crippen LogP contribution in [-0.4, -0.2) is 20.7 Å². The zero-order chi connectivity index (χ0) is 16.1. The first kappa shape index (κ1) is 16.0. The lowest BCUT2D eigenvalue weighted by Crippen LogP contribution is -2.22. The van der Waals surface area contributed by atoms with E-state index in [2.05, 4.69) is 15.5 Å². The summed E-state index contributed by atoms with van der Waals surface area (Å²) in [6.07, 6.45) is 2.16. The predicted octanol–water partition coefficient (Wildman–Crippen LogP) is 2.57. The van der Waals surface area contributed by atoms with Gasteiger partial charge >= 0.3 is 0 Å². The number of nitrogens with one attached hydrogen (secondary N) is 2. The summed E-state index contributed by atoms with van der Waals surface area (Å²) in [5.41, 5.74) is -0.256. The number of amides is 1. The van der Waals surface area contributed by atoms with Crippen molar-refractivity contribution in [2.75, 3.05) is 0 Å². The summed E-state index contributed by atoms with van der Waals surface area (Å²) in [4.78, 5) is 11.7. The zero-order valence-electron chi connectivity index (χ0n) is 11.8. The maximum Gasteiger partial charge on any atom is 0.244 e. The minimum absolute atomic E-state index is 0.157. The van der Waals surface area contributed by atoms with Gasteiger partial charge in [-0.05, 0) is 37.4 Å². The van der Waals surface area contributed by atoms with Crippen LogP contribution in [0.3, 0.4) is 0 Å². The molecule has 1 aromatic heterocycles. The van der Waals surface area contributed by atoms with Crippen LogP contribution in [0.5, 0.6) is 0 Å². The van der Waals surface area contributed by atoms with Gasteiger partial charge in [-0.2, -0.15) is 5.10 Å². The number of hydrogen-bond acceptors (Lipinski definition) is 3. The molecule has 0 fully saturated rings. The SMILES string of the molecule is CCn1c(CNC(=O)C=Cc2c(F)cccc2F)n[nH]c1=S. The number of benzene rings is 1. The summed E-state index contributed by atoms with van der Waals surface area (Å²) >= 11 is 5.03. The van der Waals surface area contributed by atoms with E-state index in [-0.39, 0.29) is 12.1 Å². The Kier molecular flexibility index (Phi) is 5.16. The first-order chi connectivity index (χ1) is 10.5. The minimum Gasteiger partial charge on any atom is -0.345 e. The molecule has 0 aliphatic rings. The number of halogens is 2. The monoisotopic (exact) mass is 324 g/mol. The third-order valence-corrected chi connectivity index (χ3v) is 3.29. The molecule has 2 N–H and O–H groups in total. The highest BCUT2D eigenvalue weighted by atomic mass is 32.1. The van der Waals surface area contributed by atoms with E-state index in [9.17, 15) is 13.6 Å². The molecule has 0 bridgehead atoms. The van der Waals surface area contributed by atoms with Gasteiger partial charge in [0.1, 0.15) is 11.6 Å². The van der Waals surface area contributed by atoms with Gasteiger partial charge in [0.15, 0.2) is 10.6 Å². The number of H-pyrrole nitrogens is 1. The van der Waals surface area contributed by atoms with E-state index in [1.807, 2.05) is 6.92 Å². The van der Waals surface area contributed by atoms with Crippen molar-refractivity contribution in [3.63, 3.8) is 0 Å². The quantitative estimate of drug-likeness (QED) is 0.656. The van der Waals surface area contributed by atoms with Crippen molar-refractivity contribution in [1.82, 2.24) is 20.1 Å². The molecule has 0 aliphatic heterocycles. The van der Waals surface area contributed by atoms with Crippen molar-refractivity contribution >= 4 is 24.2 Å². The Morgan fingerprint density at radius 3 is 2.77 bits per heavy atom. The van der Waals surface area contributed by atoms with Gasteiger partial charge in [0.25, 0.3) is 0 Å². The van der Waals surface area contributed by atoms with Gasteiger partial charge in [-0.1, -0.05) is 6.07 Å². The maximum absolute atomic E-state index is 13.4. The number of carbonyl (C=O) groups excluding carboxylic acids is 1. The zero-order valence-corrected chi connectivity index (χ0v) is 12.6. The smallest absolute Gasteiger partial charge is 0.244 e. The van der Waals surface area contributed by atoms with Crippen molar-refractivity contribution in [1.29, 1.82) is 0 Å². The van der Waals surface area contributed by atoms with Crippen LogP contribution >= 0.6 is 12.2 Å². The van der Waals surface area contributed by atoms with E-state index in [1.165, 1.54) is 6.07 Å². The number of carbonyl (C=O) groups is 1. The second kappa shape index (κ2) is 7.08. The highest BCUT2D eigenvalue weighted by molar-refractivity contribution is 7.71. The molecule has 22 heavy (non-hydrogen) atoms. The molecular formula is C14H14F2N4OS. The predicted molar refractivity (Wildman–Crippen MR) is 80.3 cm³/mol. The van der Waals surface area contributed by atoms with Crippen molar-refractivity contribution in [2.45, 2.75) is 20.0 Å². The Labute approximate surface area is 130 Å². The second-order valence-corrected chi connectivity index (χ2v) is 4.76. The largest absolute Gasteiger partial charge is 0.345 e. The molecule has 2 rings (SSSR count). The number of rotatable bonds is 5. The van der Waals surface area contributed by atoms with Crippen molar-refractivity contribution < 1.29 is 13.6 Å². The average Bonchev–Trinajstić information content (AvgIpc) is 2.84. The molecule has 1 aromatic carbocycles. The molecule has 0 saturated heterocycles. The Morgan fingerprint density at radius 1 is 1.45 bits per heavy atom. The highest BCUT2D eigenvalue weighted by Crippen LogP contribution is 2.13. The molecule has 0 atom stereocenters. The average molecular weight is 324 g/mol. The Morgan fingerprint density at radius 2 is 2.14 bits per heavy atom. The fourth-order valence-corrected chi connectivity index (χ4v) is 2.15. The first-order valence-electron chi connectivity index (χ1n) is 6.57. The van der Waals surface area contributed by atoms with Crippen LogP contribution in [0.1, 0.15) is 18.3 Å². The molecule has 0 radical (unpaired) electrons. The molecule has 116 valence electrons. The van der Waals surface area contributed by atoms with Crippen LogP contribution in [0.2, 0.25) is 0 Å². The molecule has 0 unspecified atom stereocenters. The van der Waals surface area contributed by atoms with E-state index in [4.69, 9.17) is 12.2 Å². The standard InChI is InChI=1S/C14H14F2N4OS/c1-2-20-12(18-19-14(20)22)8-17-13(21)7-6-9-10(15)4-3-5-11(9)16/h3-7H,2,8H2,1H3,(H,17,21)(H,19,22). The van der Waals surface area contributed by atoms with E-state index >= 15 is 0 Å². The molecule has 0 spiro atoms. The third kappa shape index (κ3) is 3.64. The normalized spacial score (nSPS) is 11.0. The fourth-order valence-electron chi connectivity index (χ4n) is 1.87. The molecule has 1 amide bonds. The van der Waals surface area contributed by atoms with Crippen molar-refractivity contribution in [2.24, 2.45) is 0 Å². The van der Waals surface area contributed by atoms with Crippen LogP contribution in [0.15, 0.2) is 24.3 Å². The number of nitrogens with zero attached hydrogens (tertiary/aromatic N) is 2. The van der Waals surface area contributed by atoms with E-state index in [0.29, 0.717) is 17.1 Å². The van der Waals surface area contributed by atoms with Gasteiger partial charge in [0.2, 0.25) is 5.91 Å². The summed E-state index contributed by atoms with van der Waals surface area (Å²) in [5.74, 6) is -1.36. The van der Waals surface area contributed by atoms with Gasteiger partial charge in [-0.25, -0.2) is 8.78 Å². The molecule has 1 heterocycles. The minimum atomic E-state index is -0.726. The number of aromatic amines is 1. The first-order valence-corrected chi connectivity index (χ1v) is 6.97. The third-order valence-electron chi connectivity index (χ3n) is 2.98. The Bertz CT molecular complexity index is 746. The fraction of sp³-hybridized carbons (Fsp3) is 0.214. The Balaban J connectivity index is 2.01. The Hall–Kier alpha value is -2.35. The summed E-state index contributed by atoms with van der Waals surface area (Å²) in [5, 5.41) is 9.20. The molecule has 2 aromatic rings. The molecule has 0 aliphatic carbocycles. The number of aromatic nitrogens is 3. The summed E-state index contributed by atoms with van der Waals surface area (Å²) in [6.45, 7) is 2.68. The van der Waals surface area contributed by atoms with Gasteiger partial charge < -0.3 is 9.88 Å². The van der Waals surface area contributed by atoms with Crippen molar-refractivity contribution in [3.8, 4) is 0 Å². The lowest BCUT2D eigenvalue weighted by molar-refractivity contribution is -0.116. The number of hydrogen-bond donors (Lipinski definition) is 2. The lowest BCUT2D eigenvalue weighted by Gasteiger charge is -2.04.